The first-order valence-electron chi connectivity index (χ1n) is 6.96. The van der Waals surface area contributed by atoms with Gasteiger partial charge in [0.1, 0.15) is 0 Å². The molecule has 2 rings (SSSR count). The minimum absolute atomic E-state index is 0.0989. The molecule has 1 aromatic rings. The molecule has 2 heterocycles. The first kappa shape index (κ1) is 15.6. The molecule has 0 aromatic carbocycles. The Morgan fingerprint density at radius 2 is 2.05 bits per heavy atom. The van der Waals surface area contributed by atoms with Crippen molar-refractivity contribution in [3.8, 4) is 0 Å². The SMILES string of the molecule is CC.Cc1ccc(C(=O)N2CC[C@H](N(C)C)C2)cn1. The highest BCUT2D eigenvalue weighted by Crippen LogP contribution is 2.16. The van der Waals surface area contributed by atoms with Crippen molar-refractivity contribution in [2.45, 2.75) is 33.2 Å². The fraction of sp³-hybridized carbons (Fsp3) is 0.600. The van der Waals surface area contributed by atoms with Gasteiger partial charge in [-0.3, -0.25) is 9.78 Å². The molecule has 0 N–H and O–H groups in total. The first-order chi connectivity index (χ1) is 9.08. The van der Waals surface area contributed by atoms with Gasteiger partial charge < -0.3 is 9.80 Å². The summed E-state index contributed by atoms with van der Waals surface area (Å²) in [6.07, 6.45) is 2.72. The number of carbonyl (C=O) groups excluding carboxylic acids is 1. The summed E-state index contributed by atoms with van der Waals surface area (Å²) in [7, 11) is 4.12. The smallest absolute Gasteiger partial charge is 0.255 e. The molecule has 1 fully saturated rings. The van der Waals surface area contributed by atoms with Gasteiger partial charge in [-0.25, -0.2) is 0 Å². The van der Waals surface area contributed by atoms with E-state index >= 15 is 0 Å². The van der Waals surface area contributed by atoms with Crippen LogP contribution in [-0.2, 0) is 0 Å². The monoisotopic (exact) mass is 263 g/mol. The van der Waals surface area contributed by atoms with E-state index in [0.717, 1.165) is 25.2 Å². The zero-order valence-corrected chi connectivity index (χ0v) is 12.7. The number of carbonyl (C=O) groups is 1. The molecular formula is C15H25N3O. The van der Waals surface area contributed by atoms with Crippen molar-refractivity contribution in [1.29, 1.82) is 0 Å². The summed E-state index contributed by atoms with van der Waals surface area (Å²) in [5.41, 5.74) is 1.63. The number of amides is 1. The third kappa shape index (κ3) is 4.03. The third-order valence-electron chi connectivity index (χ3n) is 3.34. The largest absolute Gasteiger partial charge is 0.337 e. The number of hydrogen-bond donors (Lipinski definition) is 0. The molecule has 1 amide bonds. The van der Waals surface area contributed by atoms with Crippen LogP contribution in [-0.4, -0.2) is 53.9 Å². The maximum atomic E-state index is 12.2. The summed E-state index contributed by atoms with van der Waals surface area (Å²) in [5.74, 6) is 0.0989. The Balaban J connectivity index is 0.000000861. The zero-order chi connectivity index (χ0) is 14.4. The summed E-state index contributed by atoms with van der Waals surface area (Å²) >= 11 is 0. The Bertz CT molecular complexity index is 400. The minimum atomic E-state index is 0.0989. The molecular weight excluding hydrogens is 238 g/mol. The van der Waals surface area contributed by atoms with E-state index in [4.69, 9.17) is 0 Å². The van der Waals surface area contributed by atoms with Crippen molar-refractivity contribution in [2.75, 3.05) is 27.2 Å². The molecule has 0 aliphatic carbocycles. The Labute approximate surface area is 116 Å². The number of hydrogen-bond acceptors (Lipinski definition) is 3. The number of aromatic nitrogens is 1. The van der Waals surface area contributed by atoms with Crippen LogP contribution in [0.3, 0.4) is 0 Å². The van der Waals surface area contributed by atoms with Crippen molar-refractivity contribution < 1.29 is 4.79 Å². The van der Waals surface area contributed by atoms with Crippen LogP contribution in [0.25, 0.3) is 0 Å². The Morgan fingerprint density at radius 1 is 1.37 bits per heavy atom. The molecule has 0 saturated carbocycles. The average molecular weight is 263 g/mol. The topological polar surface area (TPSA) is 36.4 Å². The van der Waals surface area contributed by atoms with E-state index in [9.17, 15) is 4.79 Å². The Hall–Kier alpha value is -1.42. The normalized spacial score (nSPS) is 18.2. The van der Waals surface area contributed by atoms with Gasteiger partial charge in [-0.15, -0.1) is 0 Å². The number of pyridine rings is 1. The summed E-state index contributed by atoms with van der Waals surface area (Å²) in [4.78, 5) is 20.5. The number of likely N-dealkylation sites (tertiary alicyclic amines) is 1. The van der Waals surface area contributed by atoms with E-state index in [1.165, 1.54) is 0 Å². The lowest BCUT2D eigenvalue weighted by atomic mass is 10.2. The number of aryl methyl sites for hydroxylation is 1. The van der Waals surface area contributed by atoms with Crippen molar-refractivity contribution in [2.24, 2.45) is 0 Å². The third-order valence-corrected chi connectivity index (χ3v) is 3.34. The van der Waals surface area contributed by atoms with Crippen molar-refractivity contribution >= 4 is 5.91 Å². The van der Waals surface area contributed by atoms with E-state index < -0.39 is 0 Å². The van der Waals surface area contributed by atoms with Crippen LogP contribution >= 0.6 is 0 Å². The highest BCUT2D eigenvalue weighted by Gasteiger charge is 2.27. The summed E-state index contributed by atoms with van der Waals surface area (Å²) in [5, 5.41) is 0. The summed E-state index contributed by atoms with van der Waals surface area (Å²) in [6.45, 7) is 7.58. The Morgan fingerprint density at radius 3 is 2.53 bits per heavy atom. The van der Waals surface area contributed by atoms with Gasteiger partial charge in [0.25, 0.3) is 5.91 Å². The van der Waals surface area contributed by atoms with Crippen LogP contribution in [0, 0.1) is 6.92 Å². The lowest BCUT2D eigenvalue weighted by Gasteiger charge is -2.20. The molecule has 1 saturated heterocycles. The van der Waals surface area contributed by atoms with Crippen LogP contribution < -0.4 is 0 Å². The van der Waals surface area contributed by atoms with Gasteiger partial charge >= 0.3 is 0 Å². The van der Waals surface area contributed by atoms with Crippen LogP contribution in [0.2, 0.25) is 0 Å². The second kappa shape index (κ2) is 7.24. The standard InChI is InChI=1S/C13H19N3O.C2H6/c1-10-4-5-11(8-14-10)13(17)16-7-6-12(9-16)15(2)3;1-2/h4-5,8,12H,6-7,9H2,1-3H3;1-2H3/t12-;/m0./s1. The van der Waals surface area contributed by atoms with Gasteiger partial charge in [0.15, 0.2) is 0 Å². The highest BCUT2D eigenvalue weighted by molar-refractivity contribution is 5.94. The number of likely N-dealkylation sites (N-methyl/N-ethyl adjacent to an activating group) is 1. The molecule has 1 aliphatic heterocycles. The molecule has 4 heteroatoms. The van der Waals surface area contributed by atoms with Gasteiger partial charge in [-0.2, -0.15) is 0 Å². The molecule has 1 aromatic heterocycles. The fourth-order valence-electron chi connectivity index (χ4n) is 2.12. The van der Waals surface area contributed by atoms with E-state index in [2.05, 4.69) is 24.0 Å². The summed E-state index contributed by atoms with van der Waals surface area (Å²) < 4.78 is 0. The highest BCUT2D eigenvalue weighted by atomic mass is 16.2. The predicted molar refractivity (Wildman–Crippen MR) is 78.3 cm³/mol. The maximum Gasteiger partial charge on any atom is 0.255 e. The van der Waals surface area contributed by atoms with E-state index in [1.807, 2.05) is 37.8 Å². The van der Waals surface area contributed by atoms with Crippen LogP contribution in [0.5, 0.6) is 0 Å². The minimum Gasteiger partial charge on any atom is -0.337 e. The van der Waals surface area contributed by atoms with Gasteiger partial charge in [0, 0.05) is 31.0 Å². The predicted octanol–water partition coefficient (Wildman–Crippen LogP) is 2.19. The first-order valence-corrected chi connectivity index (χ1v) is 6.96. The zero-order valence-electron chi connectivity index (χ0n) is 12.7. The second-order valence-corrected chi connectivity index (χ2v) is 4.85. The molecule has 1 aliphatic rings. The van der Waals surface area contributed by atoms with Crippen molar-refractivity contribution in [3.05, 3.63) is 29.6 Å². The molecule has 0 unspecified atom stereocenters. The van der Waals surface area contributed by atoms with E-state index in [-0.39, 0.29) is 5.91 Å². The number of nitrogens with zero attached hydrogens (tertiary/aromatic N) is 3. The fourth-order valence-corrected chi connectivity index (χ4v) is 2.12. The lowest BCUT2D eigenvalue weighted by Crippen LogP contribution is -2.34. The van der Waals surface area contributed by atoms with Crippen LogP contribution in [0.4, 0.5) is 0 Å². The average Bonchev–Trinajstić information content (AvgIpc) is 2.91. The molecule has 0 spiro atoms. The van der Waals surface area contributed by atoms with E-state index in [1.54, 1.807) is 6.20 Å². The maximum absolute atomic E-state index is 12.2. The number of rotatable bonds is 2. The molecule has 0 radical (unpaired) electrons. The van der Waals surface area contributed by atoms with Crippen molar-refractivity contribution in [1.82, 2.24) is 14.8 Å². The van der Waals surface area contributed by atoms with Gasteiger partial charge in [0.2, 0.25) is 0 Å². The van der Waals surface area contributed by atoms with Gasteiger partial charge in [-0.05, 0) is 39.6 Å². The molecule has 19 heavy (non-hydrogen) atoms. The van der Waals surface area contributed by atoms with Gasteiger partial charge in [-0.1, -0.05) is 13.8 Å². The Kier molecular flexibility index (Phi) is 5.96. The van der Waals surface area contributed by atoms with Crippen molar-refractivity contribution in [3.63, 3.8) is 0 Å². The molecule has 4 nitrogen and oxygen atoms in total. The molecule has 1 atom stereocenters. The quantitative estimate of drug-likeness (QED) is 0.820. The second-order valence-electron chi connectivity index (χ2n) is 4.85. The molecule has 106 valence electrons. The summed E-state index contributed by atoms with van der Waals surface area (Å²) in [6, 6.07) is 4.22. The lowest BCUT2D eigenvalue weighted by molar-refractivity contribution is 0.0782. The van der Waals surface area contributed by atoms with E-state index in [0.29, 0.717) is 11.6 Å². The van der Waals surface area contributed by atoms with Crippen LogP contribution in [0.15, 0.2) is 18.3 Å². The molecule has 0 bridgehead atoms. The van der Waals surface area contributed by atoms with Gasteiger partial charge in [0.05, 0.1) is 5.56 Å². The van der Waals surface area contributed by atoms with Crippen LogP contribution in [0.1, 0.15) is 36.3 Å².